The summed E-state index contributed by atoms with van der Waals surface area (Å²) in [5, 5.41) is 6.57. The van der Waals surface area contributed by atoms with Gasteiger partial charge in [0.05, 0.1) is 11.3 Å². The maximum atomic E-state index is 13.0. The molecule has 0 saturated heterocycles. The van der Waals surface area contributed by atoms with Gasteiger partial charge in [-0.2, -0.15) is 18.3 Å². The quantitative estimate of drug-likeness (QED) is 0.865. The van der Waals surface area contributed by atoms with Crippen molar-refractivity contribution in [3.8, 4) is 0 Å². The van der Waals surface area contributed by atoms with Crippen molar-refractivity contribution in [2.24, 2.45) is 5.92 Å². The minimum Gasteiger partial charge on any atom is -0.352 e. The summed E-state index contributed by atoms with van der Waals surface area (Å²) in [4.78, 5) is 20.1. The van der Waals surface area contributed by atoms with Crippen LogP contribution >= 0.6 is 0 Å². The average Bonchev–Trinajstić information content (AvgIpc) is 2.93. The van der Waals surface area contributed by atoms with E-state index in [1.54, 1.807) is 6.92 Å². The largest absolute Gasteiger partial charge is 0.433 e. The van der Waals surface area contributed by atoms with E-state index in [0.29, 0.717) is 23.5 Å². The van der Waals surface area contributed by atoms with Gasteiger partial charge in [0, 0.05) is 31.9 Å². The smallest absolute Gasteiger partial charge is 0.352 e. The molecule has 9 heteroatoms. The predicted octanol–water partition coefficient (Wildman–Crippen LogP) is 2.63. The zero-order chi connectivity index (χ0) is 18.6. The topological polar surface area (TPSA) is 72.7 Å². The number of hydrogen-bond acceptors (Lipinski definition) is 4. The lowest BCUT2D eigenvalue weighted by atomic mass is 10.1. The van der Waals surface area contributed by atoms with E-state index in [1.807, 2.05) is 6.92 Å². The van der Waals surface area contributed by atoms with Crippen LogP contribution in [0.4, 0.5) is 13.2 Å². The number of alkyl halides is 3. The van der Waals surface area contributed by atoms with E-state index in [4.69, 9.17) is 0 Å². The lowest BCUT2D eigenvalue weighted by Crippen LogP contribution is -2.31. The fourth-order valence-corrected chi connectivity index (χ4v) is 2.30. The normalized spacial score (nSPS) is 12.9. The number of halogens is 3. The molecule has 6 nitrogen and oxygen atoms in total. The summed E-state index contributed by atoms with van der Waals surface area (Å²) in [6.07, 6.45) is -0.915. The molecule has 1 amide bonds. The highest BCUT2D eigenvalue weighted by Crippen LogP contribution is 2.30. The maximum absolute atomic E-state index is 13.0. The molecule has 1 N–H and O–H groups in total. The van der Waals surface area contributed by atoms with E-state index < -0.39 is 11.9 Å². The molecule has 2 rings (SSSR count). The van der Waals surface area contributed by atoms with E-state index in [9.17, 15) is 18.0 Å². The number of amides is 1. The summed E-state index contributed by atoms with van der Waals surface area (Å²) in [5.74, 6) is 0.0426. The first kappa shape index (κ1) is 18.9. The van der Waals surface area contributed by atoms with E-state index in [0.717, 1.165) is 10.7 Å². The molecule has 0 radical (unpaired) electrons. The van der Waals surface area contributed by atoms with Gasteiger partial charge in [0.15, 0.2) is 0 Å². The van der Waals surface area contributed by atoms with Crippen molar-refractivity contribution in [1.82, 2.24) is 25.1 Å². The standard InChI is InChI=1S/C16H20F3N5O/c1-4-14-20-7-12(8-21-14)15(25)22-6-10(2)9-24-13(16(17,18)19)5-11(3)23-24/h5,7-8,10H,4,6,9H2,1-3H3,(H,22,25). The molecular weight excluding hydrogens is 335 g/mol. The Morgan fingerprint density at radius 1 is 1.32 bits per heavy atom. The number of nitrogens with zero attached hydrogens (tertiary/aromatic N) is 4. The Hall–Kier alpha value is -2.45. The van der Waals surface area contributed by atoms with Gasteiger partial charge in [-0.25, -0.2) is 9.97 Å². The van der Waals surface area contributed by atoms with E-state index in [1.165, 1.54) is 19.3 Å². The summed E-state index contributed by atoms with van der Waals surface area (Å²) in [7, 11) is 0. The SMILES string of the molecule is CCc1ncc(C(=O)NCC(C)Cn2nc(C)cc2C(F)(F)F)cn1. The lowest BCUT2D eigenvalue weighted by molar-refractivity contribution is -0.144. The summed E-state index contributed by atoms with van der Waals surface area (Å²) >= 11 is 0. The van der Waals surface area contributed by atoms with Gasteiger partial charge in [-0.15, -0.1) is 0 Å². The van der Waals surface area contributed by atoms with Gasteiger partial charge in [0.2, 0.25) is 0 Å². The number of carbonyl (C=O) groups excluding carboxylic acids is 1. The first-order valence-corrected chi connectivity index (χ1v) is 7.91. The monoisotopic (exact) mass is 355 g/mol. The first-order chi connectivity index (χ1) is 11.7. The van der Waals surface area contributed by atoms with Crippen LogP contribution in [0.2, 0.25) is 0 Å². The molecule has 0 saturated carbocycles. The fourth-order valence-electron chi connectivity index (χ4n) is 2.30. The van der Waals surface area contributed by atoms with Crippen LogP contribution in [-0.2, 0) is 19.1 Å². The molecule has 2 aromatic rings. The van der Waals surface area contributed by atoms with Crippen LogP contribution in [0.15, 0.2) is 18.5 Å². The first-order valence-electron chi connectivity index (χ1n) is 7.91. The van der Waals surface area contributed by atoms with Gasteiger partial charge >= 0.3 is 6.18 Å². The second kappa shape index (κ2) is 7.62. The molecule has 1 unspecified atom stereocenters. The highest BCUT2D eigenvalue weighted by Gasteiger charge is 2.35. The predicted molar refractivity (Wildman–Crippen MR) is 84.9 cm³/mol. The summed E-state index contributed by atoms with van der Waals surface area (Å²) in [5.41, 5.74) is -0.168. The molecular formula is C16H20F3N5O. The Kier molecular flexibility index (Phi) is 5.76. The second-order valence-corrected chi connectivity index (χ2v) is 5.91. The van der Waals surface area contributed by atoms with Crippen LogP contribution in [0.3, 0.4) is 0 Å². The van der Waals surface area contributed by atoms with Crippen molar-refractivity contribution in [2.75, 3.05) is 6.54 Å². The van der Waals surface area contributed by atoms with Crippen LogP contribution in [0.25, 0.3) is 0 Å². The summed E-state index contributed by atoms with van der Waals surface area (Å²) in [6.45, 7) is 5.42. The molecule has 0 aliphatic rings. The maximum Gasteiger partial charge on any atom is 0.433 e. The average molecular weight is 355 g/mol. The number of aromatic nitrogens is 4. The summed E-state index contributed by atoms with van der Waals surface area (Å²) < 4.78 is 39.8. The van der Waals surface area contributed by atoms with Crippen LogP contribution in [-0.4, -0.2) is 32.2 Å². The molecule has 1 atom stereocenters. The van der Waals surface area contributed by atoms with Crippen molar-refractivity contribution in [2.45, 2.75) is 39.9 Å². The third kappa shape index (κ3) is 5.01. The van der Waals surface area contributed by atoms with Crippen LogP contribution in [0, 0.1) is 12.8 Å². The zero-order valence-electron chi connectivity index (χ0n) is 14.3. The lowest BCUT2D eigenvalue weighted by Gasteiger charge is -2.16. The molecule has 0 fully saturated rings. The van der Waals surface area contributed by atoms with E-state index >= 15 is 0 Å². The Labute approximate surface area is 143 Å². The fraction of sp³-hybridized carbons (Fsp3) is 0.500. The highest BCUT2D eigenvalue weighted by molar-refractivity contribution is 5.93. The van der Waals surface area contributed by atoms with Crippen molar-refractivity contribution < 1.29 is 18.0 Å². The summed E-state index contributed by atoms with van der Waals surface area (Å²) in [6, 6.07) is 1.01. The minimum absolute atomic E-state index is 0.0498. The number of carbonyl (C=O) groups is 1. The number of hydrogen-bond donors (Lipinski definition) is 1. The van der Waals surface area contributed by atoms with Crippen LogP contribution in [0.1, 0.15) is 41.4 Å². The molecule has 136 valence electrons. The van der Waals surface area contributed by atoms with Crippen molar-refractivity contribution in [3.05, 3.63) is 41.2 Å². The van der Waals surface area contributed by atoms with Gasteiger partial charge in [-0.1, -0.05) is 13.8 Å². The Morgan fingerprint density at radius 3 is 2.52 bits per heavy atom. The minimum atomic E-state index is -4.46. The van der Waals surface area contributed by atoms with Crippen LogP contribution < -0.4 is 5.32 Å². The Morgan fingerprint density at radius 2 is 1.96 bits per heavy atom. The van der Waals surface area contributed by atoms with Gasteiger partial charge in [0.1, 0.15) is 11.5 Å². The van der Waals surface area contributed by atoms with E-state index in [-0.39, 0.29) is 24.9 Å². The number of aryl methyl sites for hydroxylation is 2. The van der Waals surface area contributed by atoms with Crippen molar-refractivity contribution in [3.63, 3.8) is 0 Å². The molecule has 0 spiro atoms. The molecule has 2 aromatic heterocycles. The van der Waals surface area contributed by atoms with Gasteiger partial charge < -0.3 is 5.32 Å². The third-order valence-corrected chi connectivity index (χ3v) is 3.57. The molecule has 0 aliphatic heterocycles. The van der Waals surface area contributed by atoms with Crippen LogP contribution in [0.5, 0.6) is 0 Å². The van der Waals surface area contributed by atoms with E-state index in [2.05, 4.69) is 20.4 Å². The number of rotatable bonds is 6. The highest BCUT2D eigenvalue weighted by atomic mass is 19.4. The third-order valence-electron chi connectivity index (χ3n) is 3.57. The van der Waals surface area contributed by atoms with Gasteiger partial charge in [-0.05, 0) is 18.9 Å². The molecule has 0 aromatic carbocycles. The second-order valence-electron chi connectivity index (χ2n) is 5.91. The van der Waals surface area contributed by atoms with Gasteiger partial charge in [-0.3, -0.25) is 9.48 Å². The van der Waals surface area contributed by atoms with Crippen molar-refractivity contribution in [1.29, 1.82) is 0 Å². The van der Waals surface area contributed by atoms with Gasteiger partial charge in [0.25, 0.3) is 5.91 Å². The number of nitrogens with one attached hydrogen (secondary N) is 1. The molecule has 25 heavy (non-hydrogen) atoms. The molecule has 2 heterocycles. The van der Waals surface area contributed by atoms with Crippen molar-refractivity contribution >= 4 is 5.91 Å². The molecule has 0 aliphatic carbocycles. The zero-order valence-corrected chi connectivity index (χ0v) is 14.3. The Balaban J connectivity index is 1.94. The molecule has 0 bridgehead atoms. The Bertz CT molecular complexity index is 724.